The Balaban J connectivity index is 2.79. The van der Waals surface area contributed by atoms with E-state index in [9.17, 15) is 23.3 Å². The molecule has 0 spiro atoms. The van der Waals surface area contributed by atoms with Crippen LogP contribution in [0.25, 0.3) is 0 Å². The first-order valence-electron chi connectivity index (χ1n) is 7.37. The highest BCUT2D eigenvalue weighted by atomic mass is 32.2. The van der Waals surface area contributed by atoms with Crippen LogP contribution in [0.5, 0.6) is 0 Å². The third kappa shape index (κ3) is 5.75. The lowest BCUT2D eigenvalue weighted by Gasteiger charge is -2.21. The quantitative estimate of drug-likeness (QED) is 0.558. The van der Waals surface area contributed by atoms with Crippen molar-refractivity contribution in [1.82, 2.24) is 9.62 Å². The van der Waals surface area contributed by atoms with Gasteiger partial charge < -0.3 is 15.4 Å². The summed E-state index contributed by atoms with van der Waals surface area (Å²) in [7, 11) is -4.23. The number of aryl methyl sites for hydroxylation is 2. The highest BCUT2D eigenvalue weighted by Crippen LogP contribution is 2.13. The molecule has 0 aliphatic rings. The molecule has 1 rings (SSSR count). The van der Waals surface area contributed by atoms with Crippen LogP contribution in [0.2, 0.25) is 0 Å². The van der Waals surface area contributed by atoms with Crippen LogP contribution >= 0.6 is 0 Å². The molecule has 0 unspecified atom stereocenters. The van der Waals surface area contributed by atoms with E-state index >= 15 is 0 Å². The molecule has 0 saturated carbocycles. The summed E-state index contributed by atoms with van der Waals surface area (Å²) >= 11 is 0. The molecule has 0 aliphatic carbocycles. The maximum absolute atomic E-state index is 12.0. The fourth-order valence-electron chi connectivity index (χ4n) is 2.21. The van der Waals surface area contributed by atoms with E-state index in [1.54, 1.807) is 0 Å². The molecule has 0 saturated heterocycles. The molecule has 3 N–H and O–H groups in total. The standard InChI is InChI=1S/C15H23BN2O5S/c1-5-24(22,23)18(4)10-15(19)17-14(16(20)21)9-13-7-6-11(2)8-12(13)3/h5-8,14,20-21H,1,9-10H2,2-4H3,(H,17,19)/t14-/m0/s1. The average Bonchev–Trinajstić information content (AvgIpc) is 2.48. The monoisotopic (exact) mass is 354 g/mol. The van der Waals surface area contributed by atoms with E-state index in [1.807, 2.05) is 32.0 Å². The molecular formula is C15H23BN2O5S. The van der Waals surface area contributed by atoms with E-state index in [2.05, 4.69) is 11.9 Å². The number of rotatable bonds is 8. The highest BCUT2D eigenvalue weighted by Gasteiger charge is 2.27. The van der Waals surface area contributed by atoms with Gasteiger partial charge in [0.1, 0.15) is 0 Å². The number of carbonyl (C=O) groups is 1. The molecule has 0 fully saturated rings. The second-order valence-corrected chi connectivity index (χ2v) is 7.68. The molecule has 1 atom stereocenters. The van der Waals surface area contributed by atoms with Crippen LogP contribution < -0.4 is 5.32 Å². The van der Waals surface area contributed by atoms with Crippen LogP contribution in [-0.4, -0.2) is 55.3 Å². The number of carbonyl (C=O) groups excluding carboxylic acids is 1. The number of benzene rings is 1. The Kier molecular flexibility index (Phi) is 7.16. The van der Waals surface area contributed by atoms with Gasteiger partial charge in [0.05, 0.1) is 12.5 Å². The lowest BCUT2D eigenvalue weighted by Crippen LogP contribution is -2.50. The molecule has 24 heavy (non-hydrogen) atoms. The third-order valence-electron chi connectivity index (χ3n) is 3.66. The van der Waals surface area contributed by atoms with Crippen LogP contribution in [-0.2, 0) is 21.2 Å². The first-order chi connectivity index (χ1) is 11.1. The van der Waals surface area contributed by atoms with Crippen molar-refractivity contribution in [1.29, 1.82) is 0 Å². The number of nitrogens with one attached hydrogen (secondary N) is 1. The minimum absolute atomic E-state index is 0.216. The molecule has 0 heterocycles. The Morgan fingerprint density at radius 2 is 2.04 bits per heavy atom. The first-order valence-corrected chi connectivity index (χ1v) is 8.87. The van der Waals surface area contributed by atoms with Crippen molar-refractivity contribution in [3.8, 4) is 0 Å². The SMILES string of the molecule is C=CS(=O)(=O)N(C)CC(=O)N[C@@H](Cc1ccc(C)cc1C)B(O)O. The van der Waals surface area contributed by atoms with Crippen LogP contribution in [0.4, 0.5) is 0 Å². The first kappa shape index (κ1) is 20.4. The van der Waals surface area contributed by atoms with Gasteiger partial charge >= 0.3 is 7.12 Å². The lowest BCUT2D eigenvalue weighted by molar-refractivity contribution is -0.121. The van der Waals surface area contributed by atoms with Gasteiger partial charge in [-0.15, -0.1) is 0 Å². The summed E-state index contributed by atoms with van der Waals surface area (Å²) < 4.78 is 23.9. The Bertz CT molecular complexity index is 706. The van der Waals surface area contributed by atoms with Crippen molar-refractivity contribution in [2.24, 2.45) is 0 Å². The fraction of sp³-hybridized carbons (Fsp3) is 0.400. The van der Waals surface area contributed by atoms with E-state index in [0.717, 1.165) is 26.4 Å². The van der Waals surface area contributed by atoms with Crippen LogP contribution in [0.3, 0.4) is 0 Å². The maximum Gasteiger partial charge on any atom is 0.475 e. The van der Waals surface area contributed by atoms with Crippen LogP contribution in [0.1, 0.15) is 16.7 Å². The Morgan fingerprint density at radius 1 is 1.42 bits per heavy atom. The Hall–Kier alpha value is -1.68. The molecule has 9 heteroatoms. The third-order valence-corrected chi connectivity index (χ3v) is 5.07. The summed E-state index contributed by atoms with van der Waals surface area (Å²) in [5, 5.41) is 22.2. The van der Waals surface area contributed by atoms with Gasteiger partial charge in [-0.05, 0) is 31.4 Å². The smallest absolute Gasteiger partial charge is 0.426 e. The highest BCUT2D eigenvalue weighted by molar-refractivity contribution is 7.92. The maximum atomic E-state index is 12.0. The second kappa shape index (κ2) is 8.43. The molecular weight excluding hydrogens is 331 g/mol. The lowest BCUT2D eigenvalue weighted by atomic mass is 9.75. The molecule has 7 nitrogen and oxygen atoms in total. The van der Waals surface area contributed by atoms with E-state index in [0.29, 0.717) is 0 Å². The summed E-state index contributed by atoms with van der Waals surface area (Å²) in [6, 6.07) is 5.72. The summed E-state index contributed by atoms with van der Waals surface area (Å²) in [6.45, 7) is 6.59. The number of sulfonamides is 1. The molecule has 0 aliphatic heterocycles. The molecule has 1 aromatic rings. The van der Waals surface area contributed by atoms with E-state index in [1.165, 1.54) is 7.05 Å². The van der Waals surface area contributed by atoms with Crippen molar-refractivity contribution in [2.45, 2.75) is 26.2 Å². The normalized spacial score (nSPS) is 12.8. The number of hydrogen-bond donors (Lipinski definition) is 3. The van der Waals surface area contributed by atoms with Crippen molar-refractivity contribution >= 4 is 23.0 Å². The topological polar surface area (TPSA) is 107 Å². The Labute approximate surface area is 143 Å². The molecule has 0 aromatic heterocycles. The van der Waals surface area contributed by atoms with Crippen molar-refractivity contribution in [2.75, 3.05) is 13.6 Å². The molecule has 0 bridgehead atoms. The number of hydrogen-bond acceptors (Lipinski definition) is 5. The van der Waals surface area contributed by atoms with Gasteiger partial charge in [0.2, 0.25) is 15.9 Å². The molecule has 1 amide bonds. The molecule has 132 valence electrons. The van der Waals surface area contributed by atoms with E-state index in [-0.39, 0.29) is 6.42 Å². The van der Waals surface area contributed by atoms with Crippen LogP contribution in [0, 0.1) is 13.8 Å². The molecule has 1 aromatic carbocycles. The van der Waals surface area contributed by atoms with Gasteiger partial charge in [-0.25, -0.2) is 8.42 Å². The van der Waals surface area contributed by atoms with Gasteiger partial charge in [0.25, 0.3) is 0 Å². The molecule has 0 radical (unpaired) electrons. The van der Waals surface area contributed by atoms with Crippen molar-refractivity contribution in [3.05, 3.63) is 46.9 Å². The minimum Gasteiger partial charge on any atom is -0.426 e. The predicted molar refractivity (Wildman–Crippen MR) is 93.5 cm³/mol. The van der Waals surface area contributed by atoms with E-state index < -0.39 is 35.5 Å². The van der Waals surface area contributed by atoms with Gasteiger partial charge in [-0.3, -0.25) is 4.79 Å². The van der Waals surface area contributed by atoms with Gasteiger partial charge in [-0.2, -0.15) is 4.31 Å². The van der Waals surface area contributed by atoms with Crippen molar-refractivity contribution < 1.29 is 23.3 Å². The van der Waals surface area contributed by atoms with Gasteiger partial charge in [0, 0.05) is 12.5 Å². The number of nitrogens with zero attached hydrogens (tertiary/aromatic N) is 1. The van der Waals surface area contributed by atoms with Gasteiger partial charge in [0.15, 0.2) is 0 Å². The second-order valence-electron chi connectivity index (χ2n) is 5.69. The van der Waals surface area contributed by atoms with Crippen molar-refractivity contribution in [3.63, 3.8) is 0 Å². The largest absolute Gasteiger partial charge is 0.475 e. The fourth-order valence-corrected chi connectivity index (χ4v) is 2.77. The van der Waals surface area contributed by atoms with E-state index in [4.69, 9.17) is 0 Å². The number of likely N-dealkylation sites (N-methyl/N-ethyl adjacent to an activating group) is 1. The summed E-state index contributed by atoms with van der Waals surface area (Å²) in [5.74, 6) is -1.58. The Morgan fingerprint density at radius 3 is 2.54 bits per heavy atom. The minimum atomic E-state index is -3.71. The van der Waals surface area contributed by atoms with Gasteiger partial charge in [-0.1, -0.05) is 30.3 Å². The zero-order valence-corrected chi connectivity index (χ0v) is 14.9. The zero-order chi connectivity index (χ0) is 18.5. The summed E-state index contributed by atoms with van der Waals surface area (Å²) in [4.78, 5) is 12.0. The zero-order valence-electron chi connectivity index (χ0n) is 14.1. The summed E-state index contributed by atoms with van der Waals surface area (Å²) in [6.07, 6.45) is 0.216. The average molecular weight is 354 g/mol. The summed E-state index contributed by atoms with van der Waals surface area (Å²) in [5.41, 5.74) is 2.92. The van der Waals surface area contributed by atoms with Crippen LogP contribution in [0.15, 0.2) is 30.2 Å². The number of amides is 1. The predicted octanol–water partition coefficient (Wildman–Crippen LogP) is -0.252.